The summed E-state index contributed by atoms with van der Waals surface area (Å²) in [4.78, 5) is 0. The summed E-state index contributed by atoms with van der Waals surface area (Å²) in [6.07, 6.45) is -20.8. The maximum absolute atomic E-state index is 14.5. The molecule has 0 unspecified atom stereocenters. The van der Waals surface area contributed by atoms with Crippen LogP contribution in [0, 0.1) is 12.3 Å². The molecular weight excluding hydrogens is 608 g/mol. The van der Waals surface area contributed by atoms with Gasteiger partial charge >= 0.3 is 24.7 Å². The summed E-state index contributed by atoms with van der Waals surface area (Å²) >= 11 is 0. The van der Waals surface area contributed by atoms with E-state index in [9.17, 15) is 52.7 Å². The number of halogens is 12. The lowest BCUT2D eigenvalue weighted by atomic mass is 9.64. The van der Waals surface area contributed by atoms with E-state index in [2.05, 4.69) is 0 Å². The van der Waals surface area contributed by atoms with Crippen LogP contribution >= 0.6 is 0 Å². The van der Waals surface area contributed by atoms with E-state index >= 15 is 0 Å². The van der Waals surface area contributed by atoms with Gasteiger partial charge in [0.15, 0.2) is 0 Å². The molecule has 0 aliphatic heterocycles. The molecule has 0 fully saturated rings. The Morgan fingerprint density at radius 1 is 0.636 bits per heavy atom. The van der Waals surface area contributed by atoms with E-state index < -0.39 is 120 Å². The monoisotopic (exact) mass is 616 g/mol. The number of hydrogen-bond donors (Lipinski definition) is 2. The molecule has 0 saturated carbocycles. The maximum Gasteiger partial charge on any atom is 0.416 e. The van der Waals surface area contributed by atoms with Crippen molar-refractivity contribution >= 4 is 87.9 Å². The van der Waals surface area contributed by atoms with Crippen LogP contribution in [0.2, 0.25) is 0 Å². The lowest BCUT2D eigenvalue weighted by Crippen LogP contribution is -2.43. The van der Waals surface area contributed by atoms with Gasteiger partial charge in [0.25, 0.3) is 0 Å². The van der Waals surface area contributed by atoms with Crippen molar-refractivity contribution in [3.05, 3.63) is 44.5 Å². The first-order valence-electron chi connectivity index (χ1n) is 11.1. The fourth-order valence-electron chi connectivity index (χ4n) is 4.20. The highest BCUT2D eigenvalue weighted by Gasteiger charge is 2.47. The number of anilines is 1. The largest absolute Gasteiger partial charge is 0.416 e. The van der Waals surface area contributed by atoms with E-state index in [0.717, 1.165) is 0 Å². The van der Waals surface area contributed by atoms with Crippen LogP contribution in [-0.2, 0) is 24.9 Å². The molecule has 214 valence electrons. The summed E-state index contributed by atoms with van der Waals surface area (Å²) in [5.74, 6) is 1.61. The lowest BCUT2D eigenvalue weighted by Gasteiger charge is -2.31. The Labute approximate surface area is 251 Å². The van der Waals surface area contributed by atoms with Gasteiger partial charge in [-0.25, -0.2) is 0 Å². The fraction of sp³-hybridized carbons (Fsp3) is 0.217. The van der Waals surface area contributed by atoms with Gasteiger partial charge < -0.3 is 11.5 Å². The second kappa shape index (κ2) is 11.9. The Hall–Kier alpha value is -3.31. The quantitative estimate of drug-likeness (QED) is 0.173. The molecular formula is C23H7B7F12N2. The first-order chi connectivity index (χ1) is 19.6. The third kappa shape index (κ3) is 6.68. The van der Waals surface area contributed by atoms with Crippen LogP contribution in [-0.4, -0.2) is 61.1 Å². The zero-order valence-corrected chi connectivity index (χ0v) is 21.5. The number of terminal acetylenes is 1. The summed E-state index contributed by atoms with van der Waals surface area (Å²) in [7, 11) is 37.8. The number of alkyl halides is 12. The van der Waals surface area contributed by atoms with E-state index in [1.165, 1.54) is 0 Å². The molecule has 44 heavy (non-hydrogen) atoms. The van der Waals surface area contributed by atoms with Crippen molar-refractivity contribution in [3.8, 4) is 23.5 Å². The molecule has 0 bridgehead atoms. The molecule has 0 amide bonds. The standard InChI is InChI=1S/C23H7B7F12N2/c1-2-6(24)18(43)13(26)5(20(31,32)33)3-4-9(21(34,35)36)14(27)7(10(12(4)25)22(37,38)39)8-11(23(40,41)42)16(29)19(44)17(30)15(8)28/h1H,3,43-44H2/b13-5-,18-6-. The van der Waals surface area contributed by atoms with Gasteiger partial charge in [-0.15, -0.1) is 6.42 Å². The van der Waals surface area contributed by atoms with E-state index in [-0.39, 0.29) is 0 Å². The van der Waals surface area contributed by atoms with Crippen LogP contribution in [0.1, 0.15) is 22.3 Å². The van der Waals surface area contributed by atoms with Gasteiger partial charge in [-0.05, 0) is 22.2 Å². The number of hydrogen-bond acceptors (Lipinski definition) is 2. The summed E-state index contributed by atoms with van der Waals surface area (Å²) in [5, 5.41) is 0. The molecule has 0 spiro atoms. The van der Waals surface area contributed by atoms with Gasteiger partial charge in [-0.2, -0.15) is 52.7 Å². The summed E-state index contributed by atoms with van der Waals surface area (Å²) in [6, 6.07) is 0. The Bertz CT molecular complexity index is 1630. The number of rotatable bonds is 4. The minimum absolute atomic E-state index is 0.937. The summed E-state index contributed by atoms with van der Waals surface area (Å²) < 4.78 is 171. The summed E-state index contributed by atoms with van der Waals surface area (Å²) in [5.41, 5.74) is -18.2. The SMILES string of the molecule is [B]/C(C#C)=C(N)/C([B])=C(\Cc1c([B])c(C(F)(F)F)c(-c2c([B])c([B])c(N)c([B])c2C(F)(F)F)c([B])c1C(F)(F)F)C(F)(F)F. The van der Waals surface area contributed by atoms with Crippen molar-refractivity contribution in [1.82, 2.24) is 0 Å². The van der Waals surface area contributed by atoms with Crippen molar-refractivity contribution in [2.24, 2.45) is 5.73 Å². The van der Waals surface area contributed by atoms with Gasteiger partial charge in [-0.3, -0.25) is 0 Å². The van der Waals surface area contributed by atoms with Gasteiger partial charge in [0.05, 0.1) is 16.7 Å². The smallest absolute Gasteiger partial charge is 0.400 e. The van der Waals surface area contributed by atoms with Crippen LogP contribution in [0.15, 0.2) is 22.2 Å². The average molecular weight is 615 g/mol. The van der Waals surface area contributed by atoms with Crippen LogP contribution in [0.5, 0.6) is 0 Å². The van der Waals surface area contributed by atoms with Gasteiger partial charge in [0.2, 0.25) is 0 Å². The molecule has 0 atom stereocenters. The Morgan fingerprint density at radius 2 is 1.05 bits per heavy atom. The minimum atomic E-state index is -6.01. The third-order valence-corrected chi connectivity index (χ3v) is 6.20. The molecule has 0 aliphatic carbocycles. The van der Waals surface area contributed by atoms with Crippen molar-refractivity contribution in [2.75, 3.05) is 5.73 Å². The van der Waals surface area contributed by atoms with E-state index in [0.29, 0.717) is 0 Å². The molecule has 0 heterocycles. The highest BCUT2D eigenvalue weighted by Crippen LogP contribution is 2.44. The van der Waals surface area contributed by atoms with Gasteiger partial charge in [0, 0.05) is 23.4 Å². The zero-order valence-electron chi connectivity index (χ0n) is 21.5. The summed E-state index contributed by atoms with van der Waals surface area (Å²) in [6.45, 7) is 0. The molecule has 0 saturated heterocycles. The number of nitrogen functional groups attached to an aromatic ring is 1. The number of benzene rings is 2. The Balaban J connectivity index is 3.42. The van der Waals surface area contributed by atoms with Gasteiger partial charge in [-0.1, -0.05) is 38.7 Å². The average Bonchev–Trinajstić information content (AvgIpc) is 2.85. The molecule has 0 aromatic heterocycles. The second-order valence-electron chi connectivity index (χ2n) is 8.87. The second-order valence-corrected chi connectivity index (χ2v) is 8.87. The van der Waals surface area contributed by atoms with Crippen LogP contribution in [0.3, 0.4) is 0 Å². The Morgan fingerprint density at radius 3 is 1.43 bits per heavy atom. The topological polar surface area (TPSA) is 52.0 Å². The predicted octanol–water partition coefficient (Wildman–Crippen LogP) is 0.461. The number of allylic oxidation sites excluding steroid dienone is 3. The molecule has 2 nitrogen and oxygen atoms in total. The van der Waals surface area contributed by atoms with Crippen molar-refractivity contribution < 1.29 is 52.7 Å². The molecule has 2 aromatic rings. The highest BCUT2D eigenvalue weighted by atomic mass is 19.4. The fourth-order valence-corrected chi connectivity index (χ4v) is 4.20. The van der Waals surface area contributed by atoms with Crippen LogP contribution < -0.4 is 38.8 Å². The van der Waals surface area contributed by atoms with Crippen LogP contribution in [0.25, 0.3) is 11.1 Å². The highest BCUT2D eigenvalue weighted by molar-refractivity contribution is 6.57. The van der Waals surface area contributed by atoms with E-state index in [1.807, 2.05) is 0 Å². The lowest BCUT2D eigenvalue weighted by molar-refractivity contribution is -0.140. The third-order valence-electron chi connectivity index (χ3n) is 6.20. The predicted molar refractivity (Wildman–Crippen MR) is 147 cm³/mol. The maximum atomic E-state index is 14.5. The molecule has 14 radical (unpaired) electrons. The molecule has 4 N–H and O–H groups in total. The van der Waals surface area contributed by atoms with Crippen molar-refractivity contribution in [3.63, 3.8) is 0 Å². The normalized spacial score (nSPS) is 14.2. The molecule has 0 aliphatic rings. The van der Waals surface area contributed by atoms with Crippen LogP contribution in [0.4, 0.5) is 58.4 Å². The van der Waals surface area contributed by atoms with E-state index in [4.69, 9.17) is 72.8 Å². The van der Waals surface area contributed by atoms with Crippen molar-refractivity contribution in [2.45, 2.75) is 31.1 Å². The Kier molecular flexibility index (Phi) is 9.97. The zero-order chi connectivity index (χ0) is 34.7. The van der Waals surface area contributed by atoms with Gasteiger partial charge in [0.1, 0.15) is 54.9 Å². The van der Waals surface area contributed by atoms with Crippen molar-refractivity contribution in [1.29, 1.82) is 0 Å². The number of nitrogens with two attached hydrogens (primary N) is 2. The molecule has 21 heteroatoms. The first kappa shape index (κ1) is 36.9. The molecule has 2 rings (SSSR count). The molecule has 2 aromatic carbocycles. The minimum Gasteiger partial charge on any atom is -0.400 e. The first-order valence-corrected chi connectivity index (χ1v) is 11.1. The van der Waals surface area contributed by atoms with E-state index in [1.54, 1.807) is 5.92 Å².